The molecular weight excluding hydrogens is 178 g/mol. The molecule has 0 spiro atoms. The molecule has 0 saturated heterocycles. The highest BCUT2D eigenvalue weighted by Crippen LogP contribution is 2.33. The highest BCUT2D eigenvalue weighted by Gasteiger charge is 2.39. The number of aliphatic carboxylic acids is 1. The second-order valence-corrected chi connectivity index (χ2v) is 4.70. The van der Waals surface area contributed by atoms with Crippen molar-refractivity contribution in [3.63, 3.8) is 0 Å². The second-order valence-electron chi connectivity index (χ2n) is 4.70. The molecule has 3 nitrogen and oxygen atoms in total. The van der Waals surface area contributed by atoms with E-state index in [0.717, 1.165) is 0 Å². The van der Waals surface area contributed by atoms with Crippen molar-refractivity contribution in [2.75, 3.05) is 0 Å². The van der Waals surface area contributed by atoms with Crippen LogP contribution in [0.15, 0.2) is 0 Å². The quantitative estimate of drug-likeness (QED) is 0.737. The van der Waals surface area contributed by atoms with Crippen molar-refractivity contribution < 1.29 is 9.90 Å². The van der Waals surface area contributed by atoms with Crippen LogP contribution in [0.5, 0.6) is 0 Å². The summed E-state index contributed by atoms with van der Waals surface area (Å²) < 4.78 is 0. The molecule has 0 aliphatic rings. The molecule has 0 heterocycles. The zero-order valence-corrected chi connectivity index (χ0v) is 9.37. The van der Waals surface area contributed by atoms with E-state index < -0.39 is 11.4 Å². The van der Waals surface area contributed by atoms with Crippen molar-refractivity contribution in [2.24, 2.45) is 17.3 Å². The second kappa shape index (κ2) is 4.99. The summed E-state index contributed by atoms with van der Waals surface area (Å²) in [6.07, 6.45) is 0.855. The average Bonchev–Trinajstić information content (AvgIpc) is 2.00. The van der Waals surface area contributed by atoms with Crippen molar-refractivity contribution in [2.45, 2.75) is 40.5 Å². The summed E-state index contributed by atoms with van der Waals surface area (Å²) in [5.74, 6) is -0.531. The first-order valence-electron chi connectivity index (χ1n) is 4.98. The number of carboxylic acid groups (broad SMARTS) is 1. The van der Waals surface area contributed by atoms with E-state index in [1.54, 1.807) is 0 Å². The summed E-state index contributed by atoms with van der Waals surface area (Å²) in [4.78, 5) is 11.1. The van der Waals surface area contributed by atoms with Gasteiger partial charge in [0, 0.05) is 0 Å². The van der Waals surface area contributed by atoms with Crippen molar-refractivity contribution in [1.82, 2.24) is 0 Å². The third-order valence-electron chi connectivity index (χ3n) is 2.14. The lowest BCUT2D eigenvalue weighted by molar-refractivity contribution is -0.147. The molecule has 0 bridgehead atoms. The van der Waals surface area contributed by atoms with E-state index in [4.69, 9.17) is 10.4 Å². The van der Waals surface area contributed by atoms with Crippen LogP contribution in [-0.2, 0) is 4.79 Å². The number of carboxylic acids is 1. The fourth-order valence-electron chi connectivity index (χ4n) is 1.79. The minimum atomic E-state index is -1.19. The Labute approximate surface area is 85.7 Å². The molecule has 14 heavy (non-hydrogen) atoms. The van der Waals surface area contributed by atoms with E-state index in [1.165, 1.54) is 0 Å². The Morgan fingerprint density at radius 3 is 1.79 bits per heavy atom. The van der Waals surface area contributed by atoms with Crippen molar-refractivity contribution in [3.8, 4) is 6.07 Å². The molecule has 0 aromatic carbocycles. The molecule has 0 rings (SSSR count). The number of nitriles is 1. The number of hydrogen-bond donors (Lipinski definition) is 1. The molecule has 0 atom stereocenters. The fraction of sp³-hybridized carbons (Fsp3) is 0.818. The van der Waals surface area contributed by atoms with E-state index in [0.29, 0.717) is 12.8 Å². The van der Waals surface area contributed by atoms with Crippen LogP contribution in [-0.4, -0.2) is 11.1 Å². The van der Waals surface area contributed by atoms with Crippen LogP contribution in [0.1, 0.15) is 40.5 Å². The number of rotatable bonds is 5. The SMILES string of the molecule is CC(C)CC(C#N)(CC(C)C)C(=O)O. The van der Waals surface area contributed by atoms with Crippen molar-refractivity contribution in [1.29, 1.82) is 5.26 Å². The maximum Gasteiger partial charge on any atom is 0.324 e. The molecule has 0 unspecified atom stereocenters. The lowest BCUT2D eigenvalue weighted by atomic mass is 9.75. The lowest BCUT2D eigenvalue weighted by Crippen LogP contribution is -2.32. The third-order valence-corrected chi connectivity index (χ3v) is 2.14. The van der Waals surface area contributed by atoms with Gasteiger partial charge in [-0.25, -0.2) is 0 Å². The molecule has 0 fully saturated rings. The fourth-order valence-corrected chi connectivity index (χ4v) is 1.79. The minimum Gasteiger partial charge on any atom is -0.480 e. The maximum atomic E-state index is 11.1. The molecule has 0 radical (unpaired) electrons. The molecule has 1 N–H and O–H groups in total. The van der Waals surface area contributed by atoms with Crippen LogP contribution >= 0.6 is 0 Å². The smallest absolute Gasteiger partial charge is 0.324 e. The van der Waals surface area contributed by atoms with Gasteiger partial charge in [0.05, 0.1) is 6.07 Å². The summed E-state index contributed by atoms with van der Waals surface area (Å²) >= 11 is 0. The van der Waals surface area contributed by atoms with Crippen LogP contribution in [0.2, 0.25) is 0 Å². The van der Waals surface area contributed by atoms with Gasteiger partial charge in [0.1, 0.15) is 0 Å². The summed E-state index contributed by atoms with van der Waals surface area (Å²) in [5, 5.41) is 18.1. The Kier molecular flexibility index (Phi) is 4.62. The zero-order chi connectivity index (χ0) is 11.4. The van der Waals surface area contributed by atoms with E-state index in [1.807, 2.05) is 33.8 Å². The van der Waals surface area contributed by atoms with Gasteiger partial charge in [-0.1, -0.05) is 27.7 Å². The van der Waals surface area contributed by atoms with Crippen molar-refractivity contribution >= 4 is 5.97 Å². The van der Waals surface area contributed by atoms with Gasteiger partial charge in [0.25, 0.3) is 0 Å². The highest BCUT2D eigenvalue weighted by atomic mass is 16.4. The number of nitrogens with zero attached hydrogens (tertiary/aromatic N) is 1. The standard InChI is InChI=1S/C11H19NO2/c1-8(2)5-11(7-12,10(13)14)6-9(3)4/h8-9H,5-6H2,1-4H3,(H,13,14). The average molecular weight is 197 g/mol. The van der Waals surface area contributed by atoms with E-state index in [-0.39, 0.29) is 11.8 Å². The normalized spacial score (nSPS) is 11.8. The molecule has 0 amide bonds. The predicted octanol–water partition coefficient (Wildman–Crippen LogP) is 2.67. The van der Waals surface area contributed by atoms with Gasteiger partial charge in [-0.2, -0.15) is 5.26 Å². The highest BCUT2D eigenvalue weighted by molar-refractivity contribution is 5.78. The Hall–Kier alpha value is -1.04. The third kappa shape index (κ3) is 3.37. The van der Waals surface area contributed by atoms with Crippen LogP contribution in [0.25, 0.3) is 0 Å². The van der Waals surface area contributed by atoms with Gasteiger partial charge in [0.15, 0.2) is 5.41 Å². The summed E-state index contributed by atoms with van der Waals surface area (Å²) in [7, 11) is 0. The van der Waals surface area contributed by atoms with E-state index in [2.05, 4.69) is 0 Å². The molecule has 0 saturated carbocycles. The molecule has 0 aliphatic carbocycles. The minimum absolute atomic E-state index is 0.226. The Morgan fingerprint density at radius 1 is 1.29 bits per heavy atom. The predicted molar refractivity (Wildman–Crippen MR) is 54.6 cm³/mol. The van der Waals surface area contributed by atoms with Gasteiger partial charge in [-0.15, -0.1) is 0 Å². The van der Waals surface area contributed by atoms with Gasteiger partial charge in [-0.05, 0) is 24.7 Å². The molecular formula is C11H19NO2. The van der Waals surface area contributed by atoms with Crippen LogP contribution in [0.4, 0.5) is 0 Å². The van der Waals surface area contributed by atoms with Crippen LogP contribution in [0, 0.1) is 28.6 Å². The van der Waals surface area contributed by atoms with Crippen LogP contribution < -0.4 is 0 Å². The zero-order valence-electron chi connectivity index (χ0n) is 9.37. The maximum absolute atomic E-state index is 11.1. The monoisotopic (exact) mass is 197 g/mol. The first kappa shape index (κ1) is 13.0. The van der Waals surface area contributed by atoms with Crippen LogP contribution in [0.3, 0.4) is 0 Å². The largest absolute Gasteiger partial charge is 0.480 e. The lowest BCUT2D eigenvalue weighted by Gasteiger charge is -2.25. The molecule has 0 aromatic rings. The summed E-state index contributed by atoms with van der Waals surface area (Å²) in [6, 6.07) is 1.98. The Morgan fingerprint density at radius 2 is 1.64 bits per heavy atom. The molecule has 3 heteroatoms. The number of carbonyl (C=O) groups is 1. The van der Waals surface area contributed by atoms with E-state index in [9.17, 15) is 4.79 Å². The molecule has 0 aliphatic heterocycles. The van der Waals surface area contributed by atoms with Gasteiger partial charge >= 0.3 is 5.97 Å². The molecule has 0 aromatic heterocycles. The topological polar surface area (TPSA) is 61.1 Å². The van der Waals surface area contributed by atoms with Gasteiger partial charge in [0.2, 0.25) is 0 Å². The summed E-state index contributed by atoms with van der Waals surface area (Å²) in [5.41, 5.74) is -1.19. The summed E-state index contributed by atoms with van der Waals surface area (Å²) in [6.45, 7) is 7.76. The molecule has 80 valence electrons. The Balaban J connectivity index is 4.82. The van der Waals surface area contributed by atoms with Gasteiger partial charge in [-0.3, -0.25) is 4.79 Å². The van der Waals surface area contributed by atoms with Gasteiger partial charge < -0.3 is 5.11 Å². The van der Waals surface area contributed by atoms with E-state index >= 15 is 0 Å². The number of hydrogen-bond acceptors (Lipinski definition) is 2. The first-order chi connectivity index (χ1) is 6.34. The Bertz CT molecular complexity index is 228. The van der Waals surface area contributed by atoms with Crippen molar-refractivity contribution in [3.05, 3.63) is 0 Å². The first-order valence-corrected chi connectivity index (χ1v) is 4.98.